The van der Waals surface area contributed by atoms with Gasteiger partial charge in [0.2, 0.25) is 0 Å². The van der Waals surface area contributed by atoms with E-state index in [9.17, 15) is 24.6 Å². The van der Waals surface area contributed by atoms with Gasteiger partial charge in [-0.25, -0.2) is 14.4 Å². The van der Waals surface area contributed by atoms with Gasteiger partial charge < -0.3 is 29.6 Å². The molecule has 0 unspecified atom stereocenters. The molecule has 0 saturated heterocycles. The fraction of sp³-hybridized carbons (Fsp3) is 0.400. The van der Waals surface area contributed by atoms with Crippen molar-refractivity contribution in [2.24, 2.45) is 0 Å². The molecular weight excluding hydrogens is 624 g/mol. The third-order valence-electron chi connectivity index (χ3n) is 7.89. The number of halogens is 1. The Morgan fingerprint density at radius 1 is 0.870 bits per heavy atom. The van der Waals surface area contributed by atoms with Crippen molar-refractivity contribution < 1.29 is 33.8 Å². The van der Waals surface area contributed by atoms with Gasteiger partial charge >= 0.3 is 18.0 Å². The maximum absolute atomic E-state index is 13.5. The number of carboxylic acids is 2. The highest BCUT2D eigenvalue weighted by Crippen LogP contribution is 2.40. The van der Waals surface area contributed by atoms with Crippen LogP contribution in [0.1, 0.15) is 73.9 Å². The van der Waals surface area contributed by atoms with Gasteiger partial charge in [0.1, 0.15) is 5.60 Å². The molecule has 3 rings (SSSR count). The standard InChI is InChI=1S/C35H45ClN2O7Si/c1-34(2,3)44-33(43)38(22-30(25-12-9-13-26(36)19-25)45-46(7,8)35(4,5)6)18-17-37-27-14-10-11-23(20-27)24-15-16-28(31(39)40)29(21-24)32(41)42/h9-16,19-21,30,37H,17-18,22H2,1-8H3,(H,39,40)(H,41,42)/t30-/m0/s1. The second-order valence-electron chi connectivity index (χ2n) is 13.7. The quantitative estimate of drug-likeness (QED) is 0.164. The third kappa shape index (κ3) is 10.1. The molecule has 0 aliphatic carbocycles. The van der Waals surface area contributed by atoms with Gasteiger partial charge in [-0.1, -0.05) is 62.7 Å². The normalized spacial score (nSPS) is 12.7. The number of aromatic carboxylic acids is 2. The van der Waals surface area contributed by atoms with E-state index in [0.29, 0.717) is 29.2 Å². The molecule has 9 nitrogen and oxygen atoms in total. The molecule has 3 N–H and O–H groups in total. The Labute approximate surface area is 277 Å². The van der Waals surface area contributed by atoms with Crippen molar-refractivity contribution in [3.05, 3.63) is 88.4 Å². The van der Waals surface area contributed by atoms with Crippen LogP contribution >= 0.6 is 11.6 Å². The summed E-state index contributed by atoms with van der Waals surface area (Å²) in [5.74, 6) is -2.62. The summed E-state index contributed by atoms with van der Waals surface area (Å²) in [6, 6.07) is 19.1. The second-order valence-corrected chi connectivity index (χ2v) is 18.9. The van der Waals surface area contributed by atoms with E-state index < -0.39 is 38.1 Å². The molecule has 11 heteroatoms. The fourth-order valence-corrected chi connectivity index (χ4v) is 5.94. The molecule has 3 aromatic rings. The van der Waals surface area contributed by atoms with E-state index in [4.69, 9.17) is 20.8 Å². The molecule has 1 atom stereocenters. The predicted octanol–water partition coefficient (Wildman–Crippen LogP) is 8.82. The van der Waals surface area contributed by atoms with Crippen LogP contribution in [0.2, 0.25) is 23.2 Å². The van der Waals surface area contributed by atoms with E-state index in [1.165, 1.54) is 12.1 Å². The van der Waals surface area contributed by atoms with Crippen molar-refractivity contribution in [1.82, 2.24) is 4.90 Å². The zero-order valence-corrected chi connectivity index (χ0v) is 29.6. The summed E-state index contributed by atoms with van der Waals surface area (Å²) in [5.41, 5.74) is 1.62. The summed E-state index contributed by atoms with van der Waals surface area (Å²) in [6.07, 6.45) is -0.902. The van der Waals surface area contributed by atoms with E-state index in [0.717, 1.165) is 11.3 Å². The first-order chi connectivity index (χ1) is 21.3. The van der Waals surface area contributed by atoms with Gasteiger partial charge in [-0.15, -0.1) is 0 Å². The Balaban J connectivity index is 1.86. The van der Waals surface area contributed by atoms with Gasteiger partial charge in [0.25, 0.3) is 0 Å². The second kappa shape index (κ2) is 14.7. The molecule has 0 bridgehead atoms. The zero-order chi connectivity index (χ0) is 34.4. The molecule has 0 radical (unpaired) electrons. The molecular formula is C35H45ClN2O7Si. The van der Waals surface area contributed by atoms with E-state index in [1.54, 1.807) is 17.0 Å². The topological polar surface area (TPSA) is 125 Å². The largest absolute Gasteiger partial charge is 0.478 e. The molecule has 0 heterocycles. The Kier molecular flexibility index (Phi) is 11.7. The predicted molar refractivity (Wildman–Crippen MR) is 185 cm³/mol. The van der Waals surface area contributed by atoms with Crippen LogP contribution in [-0.4, -0.2) is 66.7 Å². The molecule has 1 amide bonds. The van der Waals surface area contributed by atoms with E-state index in [1.807, 2.05) is 63.2 Å². The van der Waals surface area contributed by atoms with Crippen molar-refractivity contribution >= 4 is 43.6 Å². The Morgan fingerprint density at radius 2 is 1.50 bits per heavy atom. The molecule has 0 spiro atoms. The average molecular weight is 669 g/mol. The lowest BCUT2D eigenvalue weighted by molar-refractivity contribution is 0.0165. The van der Waals surface area contributed by atoms with Gasteiger partial charge in [0, 0.05) is 23.8 Å². The molecule has 3 aromatic carbocycles. The highest BCUT2D eigenvalue weighted by atomic mass is 35.5. The molecule has 0 aliphatic heterocycles. The number of carboxylic acid groups (broad SMARTS) is 2. The minimum atomic E-state index is -2.27. The summed E-state index contributed by atoms with van der Waals surface area (Å²) in [4.78, 5) is 38.3. The van der Waals surface area contributed by atoms with Crippen LogP contribution in [0.25, 0.3) is 11.1 Å². The first-order valence-electron chi connectivity index (χ1n) is 15.1. The van der Waals surface area contributed by atoms with Gasteiger partial charge in [-0.2, -0.15) is 0 Å². The Bertz CT molecular complexity index is 1560. The number of nitrogens with one attached hydrogen (secondary N) is 1. The van der Waals surface area contributed by atoms with Crippen LogP contribution in [0, 0.1) is 0 Å². The maximum Gasteiger partial charge on any atom is 0.410 e. The number of anilines is 1. The monoisotopic (exact) mass is 668 g/mol. The van der Waals surface area contributed by atoms with Crippen LogP contribution in [0.15, 0.2) is 66.7 Å². The van der Waals surface area contributed by atoms with Crippen molar-refractivity contribution in [2.45, 2.75) is 71.4 Å². The number of hydrogen-bond acceptors (Lipinski definition) is 6. The van der Waals surface area contributed by atoms with Crippen LogP contribution in [0.4, 0.5) is 10.5 Å². The number of carbonyl (C=O) groups is 3. The summed E-state index contributed by atoms with van der Waals surface area (Å²) in [5, 5.41) is 22.8. The van der Waals surface area contributed by atoms with Gasteiger partial charge in [-0.3, -0.25) is 0 Å². The number of ether oxygens (including phenoxy) is 1. The number of benzene rings is 3. The maximum atomic E-state index is 13.5. The SMILES string of the molecule is CC(C)(C)OC(=O)N(CCNc1cccc(-c2ccc(C(=O)O)c(C(=O)O)c2)c1)C[C@H](O[Si](C)(C)C(C)(C)C)c1cccc(Cl)c1. The number of rotatable bonds is 12. The van der Waals surface area contributed by atoms with E-state index in [-0.39, 0.29) is 22.7 Å². The molecule has 0 saturated carbocycles. The summed E-state index contributed by atoms with van der Waals surface area (Å²) in [7, 11) is -2.27. The lowest BCUT2D eigenvalue weighted by Gasteiger charge is -2.40. The molecule has 0 aromatic heterocycles. The first kappa shape index (κ1) is 36.6. The fourth-order valence-electron chi connectivity index (χ4n) is 4.46. The Morgan fingerprint density at radius 3 is 2.09 bits per heavy atom. The molecule has 46 heavy (non-hydrogen) atoms. The molecule has 248 valence electrons. The lowest BCUT2D eigenvalue weighted by Crippen LogP contribution is -2.46. The first-order valence-corrected chi connectivity index (χ1v) is 18.4. The lowest BCUT2D eigenvalue weighted by atomic mass is 9.98. The van der Waals surface area contributed by atoms with Crippen LogP contribution in [0.3, 0.4) is 0 Å². The Hall–Kier alpha value is -3.86. The van der Waals surface area contributed by atoms with Crippen LogP contribution in [0.5, 0.6) is 0 Å². The molecule has 0 aliphatic rings. The number of carbonyl (C=O) groups excluding carboxylic acids is 1. The van der Waals surface area contributed by atoms with E-state index >= 15 is 0 Å². The minimum absolute atomic E-state index is 0.0632. The van der Waals surface area contributed by atoms with Crippen molar-refractivity contribution in [3.8, 4) is 11.1 Å². The summed E-state index contributed by atoms with van der Waals surface area (Å²) < 4.78 is 12.7. The van der Waals surface area contributed by atoms with Crippen molar-refractivity contribution in [3.63, 3.8) is 0 Å². The van der Waals surface area contributed by atoms with Gasteiger partial charge in [-0.05, 0) is 92.0 Å². The third-order valence-corrected chi connectivity index (χ3v) is 12.6. The van der Waals surface area contributed by atoms with Crippen LogP contribution < -0.4 is 5.32 Å². The highest BCUT2D eigenvalue weighted by Gasteiger charge is 2.40. The molecule has 0 fully saturated rings. The average Bonchev–Trinajstić information content (AvgIpc) is 2.94. The highest BCUT2D eigenvalue weighted by molar-refractivity contribution is 6.74. The number of amides is 1. The summed E-state index contributed by atoms with van der Waals surface area (Å²) in [6.45, 7) is 17.2. The van der Waals surface area contributed by atoms with Gasteiger partial charge in [0.15, 0.2) is 8.32 Å². The minimum Gasteiger partial charge on any atom is -0.478 e. The summed E-state index contributed by atoms with van der Waals surface area (Å²) >= 11 is 6.38. The van der Waals surface area contributed by atoms with Crippen molar-refractivity contribution in [2.75, 3.05) is 25.0 Å². The number of hydrogen-bond donors (Lipinski definition) is 3. The zero-order valence-electron chi connectivity index (χ0n) is 27.8. The van der Waals surface area contributed by atoms with E-state index in [2.05, 4.69) is 39.2 Å². The van der Waals surface area contributed by atoms with Crippen LogP contribution in [-0.2, 0) is 9.16 Å². The van der Waals surface area contributed by atoms with Gasteiger partial charge in [0.05, 0.1) is 23.8 Å². The number of nitrogens with zero attached hydrogens (tertiary/aromatic N) is 1. The smallest absolute Gasteiger partial charge is 0.410 e. The van der Waals surface area contributed by atoms with Crippen molar-refractivity contribution in [1.29, 1.82) is 0 Å².